The van der Waals surface area contributed by atoms with E-state index < -0.39 is 5.60 Å². The van der Waals surface area contributed by atoms with Crippen molar-refractivity contribution in [2.24, 2.45) is 5.92 Å². The molecule has 1 saturated heterocycles. The second-order valence-corrected chi connectivity index (χ2v) is 6.84. The third-order valence-corrected chi connectivity index (χ3v) is 3.73. The first kappa shape index (κ1) is 16.5. The maximum Gasteiger partial charge on any atom is 0.410 e. The Hall–Kier alpha value is -1.84. The molecular weight excluding hydrogens is 276 g/mol. The molecule has 1 aliphatic heterocycles. The average molecular weight is 302 g/mol. The first-order valence-electron chi connectivity index (χ1n) is 7.98. The van der Waals surface area contributed by atoms with E-state index in [2.05, 4.69) is 23.2 Å². The molecule has 0 unspecified atom stereocenters. The van der Waals surface area contributed by atoms with Crippen LogP contribution in [0, 0.1) is 5.92 Å². The third kappa shape index (κ3) is 5.51. The van der Waals surface area contributed by atoms with Gasteiger partial charge in [0.2, 0.25) is 0 Å². The minimum atomic E-state index is -0.416. The second kappa shape index (κ2) is 7.43. The van der Waals surface area contributed by atoms with Crippen molar-refractivity contribution in [1.82, 2.24) is 9.88 Å². The summed E-state index contributed by atoms with van der Waals surface area (Å²) >= 11 is 0. The van der Waals surface area contributed by atoms with E-state index in [4.69, 9.17) is 4.74 Å². The lowest BCUT2D eigenvalue weighted by Gasteiger charge is -2.33. The van der Waals surface area contributed by atoms with Gasteiger partial charge in [-0.15, -0.1) is 0 Å². The van der Waals surface area contributed by atoms with Crippen LogP contribution in [0.15, 0.2) is 30.6 Å². The van der Waals surface area contributed by atoms with Crippen LogP contribution in [0.1, 0.15) is 45.6 Å². The topological polar surface area (TPSA) is 42.4 Å². The predicted octanol–water partition coefficient (Wildman–Crippen LogP) is 4.13. The van der Waals surface area contributed by atoms with Gasteiger partial charge in [0, 0.05) is 25.5 Å². The quantitative estimate of drug-likeness (QED) is 0.843. The third-order valence-electron chi connectivity index (χ3n) is 3.73. The Morgan fingerprint density at radius 2 is 2.14 bits per heavy atom. The fourth-order valence-electron chi connectivity index (χ4n) is 2.55. The zero-order chi connectivity index (χ0) is 16.0. The average Bonchev–Trinajstić information content (AvgIpc) is 2.47. The summed E-state index contributed by atoms with van der Waals surface area (Å²) in [5, 5.41) is 0. The highest BCUT2D eigenvalue weighted by Gasteiger charge is 2.26. The first-order chi connectivity index (χ1) is 10.4. The lowest BCUT2D eigenvalue weighted by molar-refractivity contribution is 0.0185. The zero-order valence-electron chi connectivity index (χ0n) is 13.8. The van der Waals surface area contributed by atoms with Crippen molar-refractivity contribution in [2.75, 3.05) is 13.1 Å². The molecule has 120 valence electrons. The number of piperidine rings is 1. The maximum atomic E-state index is 12.0. The van der Waals surface area contributed by atoms with Gasteiger partial charge < -0.3 is 9.64 Å². The van der Waals surface area contributed by atoms with Crippen LogP contribution in [-0.4, -0.2) is 34.7 Å². The van der Waals surface area contributed by atoms with E-state index in [-0.39, 0.29) is 6.09 Å². The van der Waals surface area contributed by atoms with Crippen LogP contribution in [-0.2, 0) is 4.74 Å². The van der Waals surface area contributed by atoms with Crippen LogP contribution in [0.4, 0.5) is 4.79 Å². The SMILES string of the molecule is CC(C)(C)OC(=O)N1CCC(CC=Cc2cccnc2)CC1. The molecule has 1 amide bonds. The zero-order valence-corrected chi connectivity index (χ0v) is 13.8. The van der Waals surface area contributed by atoms with Gasteiger partial charge in [0.1, 0.15) is 5.60 Å². The smallest absolute Gasteiger partial charge is 0.410 e. The number of allylic oxidation sites excluding steroid dienone is 1. The van der Waals surface area contributed by atoms with E-state index in [9.17, 15) is 4.79 Å². The number of pyridine rings is 1. The lowest BCUT2D eigenvalue weighted by atomic mass is 9.93. The molecule has 0 N–H and O–H groups in total. The number of hydrogen-bond donors (Lipinski definition) is 0. The van der Waals surface area contributed by atoms with Gasteiger partial charge >= 0.3 is 6.09 Å². The summed E-state index contributed by atoms with van der Waals surface area (Å²) in [6.45, 7) is 7.29. The Morgan fingerprint density at radius 3 is 2.73 bits per heavy atom. The van der Waals surface area contributed by atoms with Crippen LogP contribution >= 0.6 is 0 Å². The molecule has 0 radical (unpaired) electrons. The Bertz CT molecular complexity index is 498. The van der Waals surface area contributed by atoms with E-state index in [1.54, 1.807) is 6.20 Å². The molecule has 0 atom stereocenters. The molecule has 4 nitrogen and oxygen atoms in total. The number of likely N-dealkylation sites (tertiary alicyclic amines) is 1. The standard InChI is InChI=1S/C18H26N2O2/c1-18(2,3)22-17(21)20-12-9-15(10-13-20)6-4-7-16-8-5-11-19-14-16/h4-5,7-8,11,14-15H,6,9-10,12-13H2,1-3H3. The summed E-state index contributed by atoms with van der Waals surface area (Å²) in [4.78, 5) is 17.9. The van der Waals surface area contributed by atoms with Gasteiger partial charge in [-0.1, -0.05) is 18.2 Å². The Morgan fingerprint density at radius 1 is 1.41 bits per heavy atom. The molecule has 0 aromatic carbocycles. The Kier molecular flexibility index (Phi) is 5.58. The number of carbonyl (C=O) groups excluding carboxylic acids is 1. The monoisotopic (exact) mass is 302 g/mol. The molecular formula is C18H26N2O2. The van der Waals surface area contributed by atoms with Crippen LogP contribution < -0.4 is 0 Å². The molecule has 0 saturated carbocycles. The largest absolute Gasteiger partial charge is 0.444 e. The molecule has 0 spiro atoms. The highest BCUT2D eigenvalue weighted by Crippen LogP contribution is 2.22. The molecule has 1 aromatic heterocycles. The normalized spacial score (nSPS) is 17.0. The first-order valence-corrected chi connectivity index (χ1v) is 7.98. The minimum absolute atomic E-state index is 0.183. The van der Waals surface area contributed by atoms with Gasteiger partial charge in [-0.05, 0) is 57.6 Å². The fourth-order valence-corrected chi connectivity index (χ4v) is 2.55. The van der Waals surface area contributed by atoms with E-state index >= 15 is 0 Å². The number of hydrogen-bond acceptors (Lipinski definition) is 3. The van der Waals surface area contributed by atoms with Crippen molar-refractivity contribution in [3.05, 3.63) is 36.2 Å². The number of carbonyl (C=O) groups is 1. The van der Waals surface area contributed by atoms with Gasteiger partial charge in [0.15, 0.2) is 0 Å². The summed E-state index contributed by atoms with van der Waals surface area (Å²) < 4.78 is 5.42. The van der Waals surface area contributed by atoms with E-state index in [1.165, 1.54) is 0 Å². The highest BCUT2D eigenvalue weighted by atomic mass is 16.6. The summed E-state index contributed by atoms with van der Waals surface area (Å²) in [6, 6.07) is 3.99. The van der Waals surface area contributed by atoms with Crippen molar-refractivity contribution in [2.45, 2.75) is 45.6 Å². The summed E-state index contributed by atoms with van der Waals surface area (Å²) in [6.07, 6.45) is 10.9. The maximum absolute atomic E-state index is 12.0. The van der Waals surface area contributed by atoms with Crippen molar-refractivity contribution in [1.29, 1.82) is 0 Å². The van der Waals surface area contributed by atoms with Gasteiger partial charge in [-0.25, -0.2) is 4.79 Å². The second-order valence-electron chi connectivity index (χ2n) is 6.84. The van der Waals surface area contributed by atoms with Gasteiger partial charge in [-0.2, -0.15) is 0 Å². The van der Waals surface area contributed by atoms with Crippen molar-refractivity contribution in [3.63, 3.8) is 0 Å². The molecule has 0 aliphatic carbocycles. The molecule has 22 heavy (non-hydrogen) atoms. The van der Waals surface area contributed by atoms with Crippen LogP contribution in [0.2, 0.25) is 0 Å². The summed E-state index contributed by atoms with van der Waals surface area (Å²) in [5.74, 6) is 0.645. The molecule has 1 aliphatic rings. The minimum Gasteiger partial charge on any atom is -0.444 e. The molecule has 2 heterocycles. The number of rotatable bonds is 3. The Labute approximate surface area is 133 Å². The van der Waals surface area contributed by atoms with Crippen LogP contribution in [0.3, 0.4) is 0 Å². The number of nitrogens with zero attached hydrogens (tertiary/aromatic N) is 2. The summed E-state index contributed by atoms with van der Waals surface area (Å²) in [7, 11) is 0. The highest BCUT2D eigenvalue weighted by molar-refractivity contribution is 5.68. The van der Waals surface area contributed by atoms with Gasteiger partial charge in [0.25, 0.3) is 0 Å². The van der Waals surface area contributed by atoms with Crippen molar-refractivity contribution < 1.29 is 9.53 Å². The van der Waals surface area contributed by atoms with E-state index in [0.717, 1.165) is 37.9 Å². The molecule has 1 fully saturated rings. The number of ether oxygens (including phenoxy) is 1. The van der Waals surface area contributed by atoms with E-state index in [1.807, 2.05) is 37.9 Å². The van der Waals surface area contributed by atoms with Crippen molar-refractivity contribution in [3.8, 4) is 0 Å². The predicted molar refractivity (Wildman–Crippen MR) is 88.4 cm³/mol. The lowest BCUT2D eigenvalue weighted by Crippen LogP contribution is -2.41. The van der Waals surface area contributed by atoms with Crippen LogP contribution in [0.25, 0.3) is 6.08 Å². The molecule has 2 rings (SSSR count). The molecule has 4 heteroatoms. The fraction of sp³-hybridized carbons (Fsp3) is 0.556. The Balaban J connectivity index is 1.73. The van der Waals surface area contributed by atoms with Gasteiger partial charge in [-0.3, -0.25) is 4.98 Å². The summed E-state index contributed by atoms with van der Waals surface area (Å²) in [5.41, 5.74) is 0.717. The molecule has 1 aromatic rings. The van der Waals surface area contributed by atoms with Crippen LogP contribution in [0.5, 0.6) is 0 Å². The van der Waals surface area contributed by atoms with E-state index in [0.29, 0.717) is 5.92 Å². The molecule has 0 bridgehead atoms. The number of amides is 1. The number of aromatic nitrogens is 1. The van der Waals surface area contributed by atoms with Gasteiger partial charge in [0.05, 0.1) is 0 Å². The van der Waals surface area contributed by atoms with Crippen molar-refractivity contribution >= 4 is 12.2 Å².